The van der Waals surface area contributed by atoms with Gasteiger partial charge in [-0.2, -0.15) is 0 Å². The summed E-state index contributed by atoms with van der Waals surface area (Å²) in [4.78, 5) is 49.5. The Balaban J connectivity index is 1.43. The zero-order chi connectivity index (χ0) is 27.9. The number of urea groups is 1. The summed E-state index contributed by atoms with van der Waals surface area (Å²) in [6, 6.07) is -0.209. The molecule has 4 aliphatic rings. The van der Waals surface area contributed by atoms with E-state index in [-0.39, 0.29) is 48.1 Å². The summed E-state index contributed by atoms with van der Waals surface area (Å²) in [6.07, 6.45) is 1.53. The average Bonchev–Trinajstić information content (AvgIpc) is 3.34. The number of piperazine rings is 1. The number of rotatable bonds is 4. The quantitative estimate of drug-likeness (QED) is 0.505. The summed E-state index contributed by atoms with van der Waals surface area (Å²) in [5.74, 6) is -0.220. The number of fused-ring (bicyclic) bond motifs is 2. The van der Waals surface area contributed by atoms with E-state index in [0.29, 0.717) is 70.5 Å². The van der Waals surface area contributed by atoms with Gasteiger partial charge in [0.2, 0.25) is 11.8 Å². The molecular formula is C27H41N5O6S. The maximum absolute atomic E-state index is 13.7. The molecule has 12 heteroatoms. The van der Waals surface area contributed by atoms with Crippen molar-refractivity contribution in [1.29, 1.82) is 0 Å². The van der Waals surface area contributed by atoms with Crippen molar-refractivity contribution in [3.8, 4) is 0 Å². The molecule has 3 N–H and O–H groups in total. The fraction of sp³-hybridized carbons (Fsp3) is 0.778. The van der Waals surface area contributed by atoms with Crippen molar-refractivity contribution in [1.82, 2.24) is 19.7 Å². The first-order chi connectivity index (χ1) is 18.6. The monoisotopic (exact) mass is 563 g/mol. The first-order valence-electron chi connectivity index (χ1n) is 14.0. The number of aliphatic hydroxyl groups excluding tert-OH is 2. The van der Waals surface area contributed by atoms with Crippen LogP contribution < -0.4 is 5.32 Å². The Morgan fingerprint density at radius 1 is 1.08 bits per heavy atom. The van der Waals surface area contributed by atoms with Gasteiger partial charge < -0.3 is 29.6 Å². The molecular weight excluding hydrogens is 522 g/mol. The highest BCUT2D eigenvalue weighted by atomic mass is 32.1. The number of hydrogen-bond acceptors (Lipinski definition) is 8. The summed E-state index contributed by atoms with van der Waals surface area (Å²) < 4.78 is 5.36. The Labute approximate surface area is 233 Å². The average molecular weight is 564 g/mol. The molecule has 0 radical (unpaired) electrons. The van der Waals surface area contributed by atoms with Gasteiger partial charge in [0.15, 0.2) is 5.13 Å². The number of hydrogen-bond donors (Lipinski definition) is 3. The van der Waals surface area contributed by atoms with Crippen LogP contribution in [0.1, 0.15) is 56.5 Å². The number of carbonyl (C=O) groups excluding carboxylic acids is 3. The number of aliphatic hydroxyl groups is 2. The molecule has 4 amide bonds. The smallest absolute Gasteiger partial charge is 0.323 e. The van der Waals surface area contributed by atoms with Gasteiger partial charge in [-0.15, -0.1) is 11.3 Å². The Morgan fingerprint density at radius 2 is 1.74 bits per heavy atom. The van der Waals surface area contributed by atoms with Crippen molar-refractivity contribution < 1.29 is 29.3 Å². The van der Waals surface area contributed by atoms with Crippen molar-refractivity contribution in [3.63, 3.8) is 0 Å². The van der Waals surface area contributed by atoms with Crippen LogP contribution in [0.15, 0.2) is 0 Å². The van der Waals surface area contributed by atoms with Gasteiger partial charge in [-0.3, -0.25) is 14.9 Å². The zero-order valence-electron chi connectivity index (χ0n) is 23.1. The minimum Gasteiger partial charge on any atom is -0.396 e. The molecule has 2 saturated heterocycles. The predicted molar refractivity (Wildman–Crippen MR) is 145 cm³/mol. The van der Waals surface area contributed by atoms with E-state index in [0.717, 1.165) is 17.0 Å². The molecule has 39 heavy (non-hydrogen) atoms. The Bertz CT molecular complexity index is 1100. The molecule has 216 valence electrons. The van der Waals surface area contributed by atoms with Gasteiger partial charge in [-0.25, -0.2) is 9.78 Å². The fourth-order valence-corrected chi connectivity index (χ4v) is 8.27. The molecule has 2 aliphatic carbocycles. The summed E-state index contributed by atoms with van der Waals surface area (Å²) in [7, 11) is 0. The first kappa shape index (κ1) is 28.3. The summed E-state index contributed by atoms with van der Waals surface area (Å²) in [5.41, 5.74) is -0.219. The van der Waals surface area contributed by atoms with Gasteiger partial charge in [0.25, 0.3) is 0 Å². The highest BCUT2D eigenvalue weighted by molar-refractivity contribution is 7.15. The minimum absolute atomic E-state index is 0.0209. The van der Waals surface area contributed by atoms with E-state index < -0.39 is 11.5 Å². The number of thiazole rings is 1. The van der Waals surface area contributed by atoms with E-state index in [1.807, 2.05) is 11.8 Å². The molecule has 0 spiro atoms. The van der Waals surface area contributed by atoms with Crippen LogP contribution in [0.5, 0.6) is 0 Å². The first-order valence-corrected chi connectivity index (χ1v) is 14.8. The number of amides is 4. The lowest BCUT2D eigenvalue weighted by Gasteiger charge is -2.58. The molecule has 1 saturated carbocycles. The van der Waals surface area contributed by atoms with Crippen LogP contribution in [0.4, 0.5) is 9.93 Å². The van der Waals surface area contributed by atoms with Gasteiger partial charge in [-0.05, 0) is 30.6 Å². The van der Waals surface area contributed by atoms with E-state index in [1.165, 1.54) is 11.3 Å². The number of carbonyl (C=O) groups is 3. The standard InChI is InChI=1S/C27H41N5O6S/c1-17(34)30-6-8-31(9-7-30)22(36)14-18-23-19(15-20-26(18,2)5-4-21(35)27(20,3)16-33)39-24(28-23)29-25(37)32-10-12-38-13-11-32/h18,20-21,33,35H,4-16H2,1-3H3,(H,28,29,37)/t18-,20+,21-,26+,27+/m1/s1. The van der Waals surface area contributed by atoms with E-state index in [1.54, 1.807) is 16.7 Å². The molecule has 0 bridgehead atoms. The maximum Gasteiger partial charge on any atom is 0.323 e. The normalized spacial score (nSPS) is 32.8. The van der Waals surface area contributed by atoms with Gasteiger partial charge in [0.1, 0.15) is 0 Å². The van der Waals surface area contributed by atoms with Gasteiger partial charge >= 0.3 is 6.03 Å². The Morgan fingerprint density at radius 3 is 2.38 bits per heavy atom. The van der Waals surface area contributed by atoms with Crippen molar-refractivity contribution in [2.75, 3.05) is 64.4 Å². The molecule has 3 heterocycles. The molecule has 0 aromatic carbocycles. The van der Waals surface area contributed by atoms with Crippen LogP contribution in [0.25, 0.3) is 0 Å². The number of ether oxygens (including phenoxy) is 1. The Kier molecular flexibility index (Phi) is 7.93. The Hall–Kier alpha value is -2.28. The number of nitrogens with zero attached hydrogens (tertiary/aromatic N) is 4. The van der Waals surface area contributed by atoms with Crippen LogP contribution in [0, 0.1) is 16.7 Å². The predicted octanol–water partition coefficient (Wildman–Crippen LogP) is 1.50. The summed E-state index contributed by atoms with van der Waals surface area (Å²) >= 11 is 1.43. The third-order valence-corrected chi connectivity index (χ3v) is 10.9. The second-order valence-corrected chi connectivity index (χ2v) is 13.1. The van der Waals surface area contributed by atoms with Gasteiger partial charge in [0, 0.05) is 68.8 Å². The topological polar surface area (TPSA) is 136 Å². The largest absolute Gasteiger partial charge is 0.396 e. The molecule has 0 unspecified atom stereocenters. The van der Waals surface area contributed by atoms with Crippen molar-refractivity contribution in [3.05, 3.63) is 10.6 Å². The molecule has 3 fully saturated rings. The van der Waals surface area contributed by atoms with Crippen LogP contribution in [0.3, 0.4) is 0 Å². The molecule has 2 aliphatic heterocycles. The third-order valence-electron chi connectivity index (χ3n) is 9.86. The number of morpholine rings is 1. The maximum atomic E-state index is 13.7. The molecule has 11 nitrogen and oxygen atoms in total. The molecule has 5 atom stereocenters. The second kappa shape index (κ2) is 10.9. The van der Waals surface area contributed by atoms with Crippen LogP contribution >= 0.6 is 11.3 Å². The van der Waals surface area contributed by atoms with Crippen LogP contribution in [-0.4, -0.2) is 113 Å². The van der Waals surface area contributed by atoms with Gasteiger partial charge in [-0.1, -0.05) is 13.8 Å². The zero-order valence-corrected chi connectivity index (χ0v) is 24.0. The van der Waals surface area contributed by atoms with E-state index in [4.69, 9.17) is 9.72 Å². The lowest BCUT2D eigenvalue weighted by molar-refractivity contribution is -0.149. The van der Waals surface area contributed by atoms with Crippen molar-refractivity contribution >= 4 is 34.3 Å². The lowest BCUT2D eigenvalue weighted by atomic mass is 9.47. The fourth-order valence-electron chi connectivity index (χ4n) is 7.21. The number of nitrogens with one attached hydrogen (secondary N) is 1. The SMILES string of the molecule is CC(=O)N1CCN(C(=O)C[C@@H]2c3nc(NC(=O)N4CCOCC4)sc3C[C@@H]3[C@](C)(CO)[C@H](O)CC[C@]32C)CC1. The third kappa shape index (κ3) is 5.16. The van der Waals surface area contributed by atoms with E-state index in [9.17, 15) is 24.6 Å². The lowest BCUT2D eigenvalue weighted by Crippen LogP contribution is -2.58. The highest BCUT2D eigenvalue weighted by Crippen LogP contribution is 2.63. The van der Waals surface area contributed by atoms with Gasteiger partial charge in [0.05, 0.1) is 31.6 Å². The number of anilines is 1. The van der Waals surface area contributed by atoms with E-state index >= 15 is 0 Å². The second-order valence-electron chi connectivity index (χ2n) is 12.0. The molecule has 1 aromatic heterocycles. The molecule has 5 rings (SSSR count). The summed E-state index contributed by atoms with van der Waals surface area (Å²) in [5, 5.41) is 24.9. The highest BCUT2D eigenvalue weighted by Gasteiger charge is 2.59. The van der Waals surface area contributed by atoms with Crippen molar-refractivity contribution in [2.45, 2.75) is 58.5 Å². The minimum atomic E-state index is -0.708. The number of aromatic nitrogens is 1. The molecule has 1 aromatic rings. The van der Waals surface area contributed by atoms with Crippen LogP contribution in [-0.2, 0) is 20.7 Å². The summed E-state index contributed by atoms with van der Waals surface area (Å²) in [6.45, 7) is 9.67. The van der Waals surface area contributed by atoms with Crippen molar-refractivity contribution in [2.24, 2.45) is 16.7 Å². The van der Waals surface area contributed by atoms with Crippen LogP contribution in [0.2, 0.25) is 0 Å². The van der Waals surface area contributed by atoms with E-state index in [2.05, 4.69) is 12.2 Å².